The Morgan fingerprint density at radius 2 is 2.43 bits per heavy atom. The zero-order valence-electron chi connectivity index (χ0n) is 7.04. The van der Waals surface area contributed by atoms with Crippen LogP contribution in [0.2, 0.25) is 0 Å². The molecular formula is C8H6N2O2S2. The minimum Gasteiger partial charge on any atom is -0.445 e. The van der Waals surface area contributed by atoms with Crippen LogP contribution in [-0.2, 0) is 9.53 Å². The summed E-state index contributed by atoms with van der Waals surface area (Å²) in [6.45, 7) is 0. The Morgan fingerprint density at radius 1 is 1.64 bits per heavy atom. The van der Waals surface area contributed by atoms with E-state index in [0.717, 1.165) is 0 Å². The van der Waals surface area contributed by atoms with Crippen molar-refractivity contribution in [3.63, 3.8) is 0 Å². The Hall–Kier alpha value is -1.11. The van der Waals surface area contributed by atoms with Crippen molar-refractivity contribution in [2.24, 2.45) is 0 Å². The third-order valence-electron chi connectivity index (χ3n) is 1.38. The van der Waals surface area contributed by atoms with Crippen LogP contribution >= 0.6 is 21.6 Å². The average Bonchev–Trinajstić information content (AvgIpc) is 2.69. The Labute approximate surface area is 89.3 Å². The number of rotatable bonds is 3. The van der Waals surface area contributed by atoms with E-state index in [1.165, 1.54) is 21.6 Å². The summed E-state index contributed by atoms with van der Waals surface area (Å²) < 4.78 is 4.82. The maximum absolute atomic E-state index is 11.3. The van der Waals surface area contributed by atoms with Gasteiger partial charge in [-0.25, -0.2) is 0 Å². The molecule has 72 valence electrons. The number of nitrogens with zero attached hydrogens (tertiary/aromatic N) is 2. The molecule has 2 atom stereocenters. The largest absolute Gasteiger partial charge is 0.445 e. The number of carbonyl (C=O) groups excluding carboxylic acids is 1. The summed E-state index contributed by atoms with van der Waals surface area (Å²) in [6, 6.07) is 3.54. The molecule has 0 N–H and O–H groups in total. The highest BCUT2D eigenvalue weighted by molar-refractivity contribution is 8.78. The molecule has 1 aliphatic rings. The molecule has 14 heavy (non-hydrogen) atoms. The molecule has 1 aliphatic heterocycles. The first-order valence-electron chi connectivity index (χ1n) is 3.74. The first-order chi connectivity index (χ1) is 6.77. The Morgan fingerprint density at radius 3 is 2.93 bits per heavy atom. The Balaban J connectivity index is 2.43. The van der Waals surface area contributed by atoms with Crippen LogP contribution in [-0.4, -0.2) is 17.3 Å². The number of hydrogen-bond acceptors (Lipinski definition) is 6. The predicted molar refractivity (Wildman–Crippen MR) is 53.8 cm³/mol. The minimum atomic E-state index is -0.952. The minimum absolute atomic E-state index is 0.0868. The fourth-order valence-corrected chi connectivity index (χ4v) is 2.70. The normalized spacial score (nSPS) is 20.9. The lowest BCUT2D eigenvalue weighted by Gasteiger charge is -2.09. The molecule has 0 aliphatic carbocycles. The highest BCUT2D eigenvalue weighted by atomic mass is 33.1. The van der Waals surface area contributed by atoms with Gasteiger partial charge in [0.2, 0.25) is 6.10 Å². The SMILES string of the molecule is N#CCC(C#N)OC(=O)C1C=CSS1. The summed E-state index contributed by atoms with van der Waals surface area (Å²) in [4.78, 5) is 11.3. The lowest BCUT2D eigenvalue weighted by atomic mass is 10.3. The molecule has 0 spiro atoms. The van der Waals surface area contributed by atoms with Crippen molar-refractivity contribution in [1.29, 1.82) is 10.5 Å². The predicted octanol–water partition coefficient (Wildman–Crippen LogP) is 1.61. The first-order valence-corrected chi connectivity index (χ1v) is 6.01. The Kier molecular flexibility index (Phi) is 4.37. The molecule has 0 radical (unpaired) electrons. The third-order valence-corrected chi connectivity index (χ3v) is 3.60. The van der Waals surface area contributed by atoms with E-state index in [0.29, 0.717) is 0 Å². The van der Waals surface area contributed by atoms with Gasteiger partial charge in [-0.3, -0.25) is 4.79 Å². The fourth-order valence-electron chi connectivity index (χ4n) is 0.749. The molecule has 1 rings (SSSR count). The molecule has 6 heteroatoms. The van der Waals surface area contributed by atoms with Gasteiger partial charge in [-0.1, -0.05) is 27.7 Å². The van der Waals surface area contributed by atoms with E-state index in [1.54, 1.807) is 23.6 Å². The quantitative estimate of drug-likeness (QED) is 0.537. The first kappa shape index (κ1) is 11.0. The summed E-state index contributed by atoms with van der Waals surface area (Å²) in [6.07, 6.45) is 0.668. The van der Waals surface area contributed by atoms with Crippen molar-refractivity contribution < 1.29 is 9.53 Å². The van der Waals surface area contributed by atoms with Gasteiger partial charge in [0.05, 0.1) is 12.5 Å². The molecule has 0 aromatic rings. The second kappa shape index (κ2) is 5.58. The number of nitriles is 2. The van der Waals surface area contributed by atoms with E-state index in [2.05, 4.69) is 0 Å². The molecule has 0 saturated carbocycles. The highest BCUT2D eigenvalue weighted by Gasteiger charge is 2.24. The van der Waals surface area contributed by atoms with Gasteiger partial charge < -0.3 is 4.74 Å². The zero-order chi connectivity index (χ0) is 10.4. The van der Waals surface area contributed by atoms with Crippen LogP contribution in [0.3, 0.4) is 0 Å². The Bertz CT molecular complexity index is 329. The van der Waals surface area contributed by atoms with Crippen molar-refractivity contribution in [1.82, 2.24) is 0 Å². The molecule has 0 amide bonds. The molecule has 1 heterocycles. The maximum Gasteiger partial charge on any atom is 0.325 e. The van der Waals surface area contributed by atoms with Gasteiger partial charge in [0.15, 0.2) is 0 Å². The van der Waals surface area contributed by atoms with Crippen LogP contribution in [0.5, 0.6) is 0 Å². The van der Waals surface area contributed by atoms with Crippen molar-refractivity contribution >= 4 is 27.6 Å². The lowest BCUT2D eigenvalue weighted by Crippen LogP contribution is -2.22. The van der Waals surface area contributed by atoms with E-state index >= 15 is 0 Å². The van der Waals surface area contributed by atoms with Gasteiger partial charge in [0.1, 0.15) is 11.3 Å². The maximum atomic E-state index is 11.3. The van der Waals surface area contributed by atoms with Crippen LogP contribution in [0, 0.1) is 22.7 Å². The summed E-state index contributed by atoms with van der Waals surface area (Å²) in [5.74, 6) is -0.460. The van der Waals surface area contributed by atoms with Crippen LogP contribution < -0.4 is 0 Å². The lowest BCUT2D eigenvalue weighted by molar-refractivity contribution is -0.144. The molecule has 2 unspecified atom stereocenters. The van der Waals surface area contributed by atoms with E-state index in [1.807, 2.05) is 0 Å². The van der Waals surface area contributed by atoms with E-state index in [-0.39, 0.29) is 11.7 Å². The van der Waals surface area contributed by atoms with Crippen molar-refractivity contribution in [3.8, 4) is 12.1 Å². The van der Waals surface area contributed by atoms with E-state index in [4.69, 9.17) is 15.3 Å². The summed E-state index contributed by atoms with van der Waals surface area (Å²) >= 11 is 0. The highest BCUT2D eigenvalue weighted by Crippen LogP contribution is 2.36. The van der Waals surface area contributed by atoms with Gasteiger partial charge in [0.25, 0.3) is 0 Å². The fraction of sp³-hybridized carbons (Fsp3) is 0.375. The standard InChI is InChI=1S/C8H6N2O2S2/c9-3-1-6(5-10)12-8(11)7-2-4-13-14-7/h2,4,6-7H,1H2. The summed E-state index contributed by atoms with van der Waals surface area (Å²) in [5, 5.41) is 18.3. The number of hydrogen-bond donors (Lipinski definition) is 0. The molecular weight excluding hydrogens is 220 g/mol. The van der Waals surface area contributed by atoms with Gasteiger partial charge >= 0.3 is 5.97 Å². The number of carbonyl (C=O) groups is 1. The zero-order valence-corrected chi connectivity index (χ0v) is 8.68. The molecule has 0 aromatic carbocycles. The number of ether oxygens (including phenoxy) is 1. The third kappa shape index (κ3) is 2.99. The van der Waals surface area contributed by atoms with Gasteiger partial charge in [-0.2, -0.15) is 10.5 Å². The van der Waals surface area contributed by atoms with Crippen molar-refractivity contribution in [3.05, 3.63) is 11.5 Å². The summed E-state index contributed by atoms with van der Waals surface area (Å²) in [5.41, 5.74) is 0. The molecule has 4 nitrogen and oxygen atoms in total. The topological polar surface area (TPSA) is 73.9 Å². The van der Waals surface area contributed by atoms with Gasteiger partial charge in [0, 0.05) is 0 Å². The smallest absolute Gasteiger partial charge is 0.325 e. The van der Waals surface area contributed by atoms with E-state index in [9.17, 15) is 4.79 Å². The summed E-state index contributed by atoms with van der Waals surface area (Å²) in [7, 11) is 2.81. The van der Waals surface area contributed by atoms with Crippen LogP contribution in [0.1, 0.15) is 6.42 Å². The monoisotopic (exact) mass is 226 g/mol. The average molecular weight is 226 g/mol. The molecule has 0 saturated heterocycles. The number of esters is 1. The van der Waals surface area contributed by atoms with Gasteiger partial charge in [-0.05, 0) is 5.41 Å². The molecule has 0 aromatic heterocycles. The second-order valence-corrected chi connectivity index (χ2v) is 4.68. The van der Waals surface area contributed by atoms with Crippen LogP contribution in [0.4, 0.5) is 0 Å². The second-order valence-electron chi connectivity index (χ2n) is 2.36. The van der Waals surface area contributed by atoms with E-state index < -0.39 is 12.1 Å². The van der Waals surface area contributed by atoms with Gasteiger partial charge in [-0.15, -0.1) is 0 Å². The van der Waals surface area contributed by atoms with Crippen molar-refractivity contribution in [2.75, 3.05) is 0 Å². The van der Waals surface area contributed by atoms with Crippen molar-refractivity contribution in [2.45, 2.75) is 17.8 Å². The van der Waals surface area contributed by atoms with Crippen LogP contribution in [0.15, 0.2) is 11.5 Å². The molecule has 0 bridgehead atoms. The molecule has 0 fully saturated rings. The van der Waals surface area contributed by atoms with Crippen LogP contribution in [0.25, 0.3) is 0 Å².